The summed E-state index contributed by atoms with van der Waals surface area (Å²) in [5.74, 6) is -0.230. The molecule has 25 heavy (non-hydrogen) atoms. The van der Waals surface area contributed by atoms with E-state index in [0.717, 1.165) is 16.7 Å². The Labute approximate surface area is 145 Å². The lowest BCUT2D eigenvalue weighted by Gasteiger charge is -2.13. The van der Waals surface area contributed by atoms with E-state index in [-0.39, 0.29) is 18.0 Å². The van der Waals surface area contributed by atoms with Gasteiger partial charge in [-0.1, -0.05) is 17.7 Å². The van der Waals surface area contributed by atoms with E-state index in [1.54, 1.807) is 7.05 Å². The number of hydrogen-bond acceptors (Lipinski definition) is 4. The van der Waals surface area contributed by atoms with Crippen LogP contribution in [0.1, 0.15) is 22.3 Å². The first kappa shape index (κ1) is 16.9. The van der Waals surface area contributed by atoms with E-state index in [2.05, 4.69) is 34.5 Å². The molecule has 0 bridgehead atoms. The van der Waals surface area contributed by atoms with Gasteiger partial charge in [0.05, 0.1) is 6.20 Å². The van der Waals surface area contributed by atoms with Gasteiger partial charge in [0.1, 0.15) is 18.3 Å². The summed E-state index contributed by atoms with van der Waals surface area (Å²) in [5, 5.41) is 7.31. The maximum atomic E-state index is 12.4. The summed E-state index contributed by atoms with van der Waals surface area (Å²) in [6.07, 6.45) is 2.85. The molecule has 0 unspecified atom stereocenters. The number of fused-ring (bicyclic) bond motifs is 1. The molecule has 1 aromatic carbocycles. The lowest BCUT2D eigenvalue weighted by atomic mass is 10.00. The molecule has 130 valence electrons. The molecule has 0 aliphatic carbocycles. The van der Waals surface area contributed by atoms with Gasteiger partial charge in [0.15, 0.2) is 5.65 Å². The highest BCUT2D eigenvalue weighted by atomic mass is 16.2. The van der Waals surface area contributed by atoms with Gasteiger partial charge in [-0.15, -0.1) is 0 Å². The van der Waals surface area contributed by atoms with Gasteiger partial charge in [0.25, 0.3) is 5.56 Å². The van der Waals surface area contributed by atoms with Crippen molar-refractivity contribution in [3.63, 3.8) is 0 Å². The summed E-state index contributed by atoms with van der Waals surface area (Å²) < 4.78 is 2.83. The first-order valence-electron chi connectivity index (χ1n) is 8.07. The number of carbonyl (C=O) groups is 1. The molecular weight excluding hydrogens is 318 g/mol. The van der Waals surface area contributed by atoms with Crippen LogP contribution in [0.15, 0.2) is 29.5 Å². The number of aryl methyl sites for hydroxylation is 4. The zero-order valence-electron chi connectivity index (χ0n) is 14.8. The zero-order valence-corrected chi connectivity index (χ0v) is 14.8. The van der Waals surface area contributed by atoms with Crippen LogP contribution in [0, 0.1) is 20.8 Å². The Bertz CT molecular complexity index is 993. The highest BCUT2D eigenvalue weighted by molar-refractivity contribution is 5.77. The molecule has 0 aliphatic rings. The van der Waals surface area contributed by atoms with Crippen LogP contribution in [0.5, 0.6) is 0 Å². The van der Waals surface area contributed by atoms with Gasteiger partial charge in [-0.05, 0) is 37.5 Å². The Balaban J connectivity index is 1.73. The van der Waals surface area contributed by atoms with Gasteiger partial charge in [0, 0.05) is 13.6 Å². The highest BCUT2D eigenvalue weighted by Crippen LogP contribution is 2.16. The van der Waals surface area contributed by atoms with Crippen LogP contribution in [-0.2, 0) is 24.9 Å². The third-order valence-corrected chi connectivity index (χ3v) is 4.33. The standard InChI is InChI=1S/C18H21N5O2/c1-11-5-12(2)14(13(3)6-11)7-19-16(24)9-23-10-20-17-15(18(23)25)8-21-22(17)4/h5-6,8,10H,7,9H2,1-4H3,(H,19,24). The van der Waals surface area contributed by atoms with Crippen molar-refractivity contribution < 1.29 is 4.79 Å². The van der Waals surface area contributed by atoms with E-state index in [4.69, 9.17) is 0 Å². The van der Waals surface area contributed by atoms with E-state index in [0.29, 0.717) is 17.6 Å². The van der Waals surface area contributed by atoms with Crippen molar-refractivity contribution in [2.24, 2.45) is 7.05 Å². The number of hydrogen-bond donors (Lipinski definition) is 1. The summed E-state index contributed by atoms with van der Waals surface area (Å²) in [6, 6.07) is 4.19. The summed E-state index contributed by atoms with van der Waals surface area (Å²) in [5.41, 5.74) is 4.84. The molecule has 0 saturated carbocycles. The quantitative estimate of drug-likeness (QED) is 0.778. The van der Waals surface area contributed by atoms with Gasteiger partial charge in [-0.3, -0.25) is 18.8 Å². The van der Waals surface area contributed by atoms with Crippen molar-refractivity contribution in [2.75, 3.05) is 0 Å². The fourth-order valence-electron chi connectivity index (χ4n) is 3.07. The van der Waals surface area contributed by atoms with Crippen LogP contribution < -0.4 is 10.9 Å². The van der Waals surface area contributed by atoms with Crippen LogP contribution in [0.4, 0.5) is 0 Å². The molecule has 3 aromatic rings. The predicted molar refractivity (Wildman–Crippen MR) is 95.3 cm³/mol. The Morgan fingerprint density at radius 2 is 1.88 bits per heavy atom. The van der Waals surface area contributed by atoms with Crippen LogP contribution >= 0.6 is 0 Å². The Morgan fingerprint density at radius 3 is 2.56 bits per heavy atom. The van der Waals surface area contributed by atoms with Crippen LogP contribution in [-0.4, -0.2) is 25.2 Å². The van der Waals surface area contributed by atoms with Crippen molar-refractivity contribution in [3.8, 4) is 0 Å². The van der Waals surface area contributed by atoms with Crippen molar-refractivity contribution in [2.45, 2.75) is 33.9 Å². The number of rotatable bonds is 4. The molecule has 0 spiro atoms. The third kappa shape index (κ3) is 3.31. The van der Waals surface area contributed by atoms with Crippen LogP contribution in [0.2, 0.25) is 0 Å². The second-order valence-electron chi connectivity index (χ2n) is 6.34. The molecule has 3 rings (SSSR count). The molecule has 0 aliphatic heterocycles. The van der Waals surface area contributed by atoms with E-state index >= 15 is 0 Å². The van der Waals surface area contributed by atoms with E-state index < -0.39 is 0 Å². The van der Waals surface area contributed by atoms with Gasteiger partial charge < -0.3 is 5.32 Å². The van der Waals surface area contributed by atoms with Crippen molar-refractivity contribution in [1.82, 2.24) is 24.6 Å². The smallest absolute Gasteiger partial charge is 0.264 e. The highest BCUT2D eigenvalue weighted by Gasteiger charge is 2.11. The molecule has 7 nitrogen and oxygen atoms in total. The topological polar surface area (TPSA) is 81.8 Å². The Kier molecular flexibility index (Phi) is 4.39. The average molecular weight is 339 g/mol. The maximum Gasteiger partial charge on any atom is 0.264 e. The van der Waals surface area contributed by atoms with Crippen LogP contribution in [0.3, 0.4) is 0 Å². The first-order chi connectivity index (χ1) is 11.9. The minimum Gasteiger partial charge on any atom is -0.350 e. The van der Waals surface area contributed by atoms with Gasteiger partial charge in [0.2, 0.25) is 5.91 Å². The third-order valence-electron chi connectivity index (χ3n) is 4.33. The number of amides is 1. The van der Waals surface area contributed by atoms with Crippen LogP contribution in [0.25, 0.3) is 11.0 Å². The summed E-state index contributed by atoms with van der Waals surface area (Å²) in [4.78, 5) is 28.8. The molecular formula is C18H21N5O2. The van der Waals surface area contributed by atoms with E-state index in [1.807, 2.05) is 13.8 Å². The number of carbonyl (C=O) groups excluding carboxylic acids is 1. The van der Waals surface area contributed by atoms with Crippen molar-refractivity contribution in [3.05, 3.63) is 57.3 Å². The Hall–Kier alpha value is -2.96. The molecule has 0 saturated heterocycles. The normalized spacial score (nSPS) is 11.0. The van der Waals surface area contributed by atoms with Gasteiger partial charge in [-0.25, -0.2) is 4.98 Å². The maximum absolute atomic E-state index is 12.4. The minimum absolute atomic E-state index is 0.0688. The fourth-order valence-corrected chi connectivity index (χ4v) is 3.07. The second-order valence-corrected chi connectivity index (χ2v) is 6.34. The first-order valence-corrected chi connectivity index (χ1v) is 8.07. The molecule has 1 amide bonds. The summed E-state index contributed by atoms with van der Waals surface area (Å²) >= 11 is 0. The number of nitrogens with zero attached hydrogens (tertiary/aromatic N) is 4. The molecule has 2 heterocycles. The van der Waals surface area contributed by atoms with Crippen molar-refractivity contribution in [1.29, 1.82) is 0 Å². The number of aromatic nitrogens is 4. The number of nitrogens with one attached hydrogen (secondary N) is 1. The summed E-state index contributed by atoms with van der Waals surface area (Å²) in [6.45, 7) is 6.49. The van der Waals surface area contributed by atoms with E-state index in [9.17, 15) is 9.59 Å². The monoisotopic (exact) mass is 339 g/mol. The van der Waals surface area contributed by atoms with E-state index in [1.165, 1.54) is 27.3 Å². The number of benzene rings is 1. The second kappa shape index (κ2) is 6.51. The largest absolute Gasteiger partial charge is 0.350 e. The van der Waals surface area contributed by atoms with Gasteiger partial charge >= 0.3 is 0 Å². The predicted octanol–water partition coefficient (Wildman–Crippen LogP) is 1.37. The van der Waals surface area contributed by atoms with Gasteiger partial charge in [-0.2, -0.15) is 5.10 Å². The van der Waals surface area contributed by atoms with Crippen molar-refractivity contribution >= 4 is 16.9 Å². The SMILES string of the molecule is Cc1cc(C)c(CNC(=O)Cn2cnc3c(cnn3C)c2=O)c(C)c1. The molecule has 0 fully saturated rings. The molecule has 0 radical (unpaired) electrons. The minimum atomic E-state index is -0.268. The fraction of sp³-hybridized carbons (Fsp3) is 0.333. The zero-order chi connectivity index (χ0) is 18.1. The summed E-state index contributed by atoms with van der Waals surface area (Å²) in [7, 11) is 1.72. The lowest BCUT2D eigenvalue weighted by Crippen LogP contribution is -2.32. The lowest BCUT2D eigenvalue weighted by molar-refractivity contribution is -0.121. The molecule has 7 heteroatoms. The molecule has 2 aromatic heterocycles. The average Bonchev–Trinajstić information content (AvgIpc) is 2.91. The molecule has 0 atom stereocenters. The Morgan fingerprint density at radius 1 is 1.20 bits per heavy atom. The molecule has 1 N–H and O–H groups in total.